The molecule has 1 aromatic rings. The molecule has 0 aromatic heterocycles. The summed E-state index contributed by atoms with van der Waals surface area (Å²) in [5.41, 5.74) is 5.06. The van der Waals surface area contributed by atoms with Gasteiger partial charge in [0.15, 0.2) is 0 Å². The highest BCUT2D eigenvalue weighted by Gasteiger charge is 2.16. The normalized spacial score (nSPS) is 20.7. The molecular weight excluding hydrogens is 216 g/mol. The molecule has 0 atom stereocenters. The van der Waals surface area contributed by atoms with Crippen LogP contribution in [0.25, 0.3) is 0 Å². The Balaban J connectivity index is 1.65. The molecule has 0 spiro atoms. The second-order valence-electron chi connectivity index (χ2n) is 6.30. The molecule has 1 saturated carbocycles. The van der Waals surface area contributed by atoms with Crippen molar-refractivity contribution in [3.63, 3.8) is 0 Å². The van der Waals surface area contributed by atoms with Crippen molar-refractivity contribution in [2.75, 3.05) is 0 Å². The van der Waals surface area contributed by atoms with Crippen molar-refractivity contribution in [1.29, 1.82) is 0 Å². The van der Waals surface area contributed by atoms with E-state index in [1.165, 1.54) is 70.6 Å². The maximum Gasteiger partial charge on any atom is -0.0273 e. The van der Waals surface area contributed by atoms with Crippen molar-refractivity contribution in [2.45, 2.75) is 70.6 Å². The van der Waals surface area contributed by atoms with Crippen molar-refractivity contribution in [2.24, 2.45) is 5.92 Å². The topological polar surface area (TPSA) is 0 Å². The Labute approximate surface area is 112 Å². The maximum absolute atomic E-state index is 2.40. The summed E-state index contributed by atoms with van der Waals surface area (Å²) in [6.45, 7) is 0. The van der Waals surface area contributed by atoms with Crippen molar-refractivity contribution < 1.29 is 0 Å². The fourth-order valence-corrected chi connectivity index (χ4v) is 3.93. The number of hydrogen-bond acceptors (Lipinski definition) is 0. The number of fused-ring (bicyclic) bond motifs is 1. The summed E-state index contributed by atoms with van der Waals surface area (Å²) in [6.07, 6.45) is 15.7. The molecule has 1 fully saturated rings. The molecule has 18 heavy (non-hydrogen) atoms. The van der Waals surface area contributed by atoms with Gasteiger partial charge >= 0.3 is 0 Å². The van der Waals surface area contributed by atoms with E-state index < -0.39 is 0 Å². The highest BCUT2D eigenvalue weighted by atomic mass is 14.2. The smallest absolute Gasteiger partial charge is 0.0273 e. The molecule has 0 saturated heterocycles. The minimum absolute atomic E-state index is 1.03. The molecule has 2 aliphatic carbocycles. The van der Waals surface area contributed by atoms with Gasteiger partial charge in [0.25, 0.3) is 0 Å². The van der Waals surface area contributed by atoms with Gasteiger partial charge in [-0.3, -0.25) is 0 Å². The lowest BCUT2D eigenvalue weighted by molar-refractivity contribution is 0.339. The standard InChI is InChI=1S/C18H26/c1-2-7-15(8-3-1)13-14-17-11-6-10-16-9-4-5-12-18(16)17/h6,10-11,15H,1-5,7-9,12-14H2. The van der Waals surface area contributed by atoms with Crippen LogP contribution in [0.4, 0.5) is 0 Å². The predicted octanol–water partition coefficient (Wildman–Crippen LogP) is 5.08. The minimum atomic E-state index is 1.03. The van der Waals surface area contributed by atoms with Crippen molar-refractivity contribution in [3.05, 3.63) is 34.9 Å². The number of hydrogen-bond donors (Lipinski definition) is 0. The van der Waals surface area contributed by atoms with Crippen molar-refractivity contribution in [1.82, 2.24) is 0 Å². The van der Waals surface area contributed by atoms with Gasteiger partial charge in [-0.2, -0.15) is 0 Å². The van der Waals surface area contributed by atoms with Gasteiger partial charge in [-0.25, -0.2) is 0 Å². The average Bonchev–Trinajstić information content (AvgIpc) is 2.46. The van der Waals surface area contributed by atoms with Gasteiger partial charge in [-0.05, 0) is 61.1 Å². The SMILES string of the molecule is c1cc2c(c(CCC3CCCCC3)c1)CCCC2. The first-order valence-electron chi connectivity index (χ1n) is 8.03. The summed E-state index contributed by atoms with van der Waals surface area (Å²) in [5, 5.41) is 0. The van der Waals surface area contributed by atoms with Crippen LogP contribution in [-0.2, 0) is 19.3 Å². The van der Waals surface area contributed by atoms with Crippen LogP contribution in [0.15, 0.2) is 18.2 Å². The Morgan fingerprint density at radius 2 is 1.72 bits per heavy atom. The molecule has 3 rings (SSSR count). The molecule has 0 amide bonds. The third kappa shape index (κ3) is 2.79. The molecule has 98 valence electrons. The van der Waals surface area contributed by atoms with E-state index in [0.29, 0.717) is 0 Å². The van der Waals surface area contributed by atoms with E-state index in [0.717, 1.165) is 5.92 Å². The van der Waals surface area contributed by atoms with E-state index >= 15 is 0 Å². The molecule has 0 heterocycles. The zero-order chi connectivity index (χ0) is 12.2. The second-order valence-corrected chi connectivity index (χ2v) is 6.30. The van der Waals surface area contributed by atoms with Crippen LogP contribution in [-0.4, -0.2) is 0 Å². The molecule has 0 heteroatoms. The molecule has 0 unspecified atom stereocenters. The third-order valence-electron chi connectivity index (χ3n) is 5.04. The summed E-state index contributed by atoms with van der Waals surface area (Å²) in [4.78, 5) is 0. The van der Waals surface area contributed by atoms with E-state index in [1.807, 2.05) is 0 Å². The highest BCUT2D eigenvalue weighted by molar-refractivity contribution is 5.37. The first kappa shape index (κ1) is 12.3. The Kier molecular flexibility index (Phi) is 4.02. The van der Waals surface area contributed by atoms with Gasteiger partial charge in [0, 0.05) is 0 Å². The number of rotatable bonds is 3. The second kappa shape index (κ2) is 5.91. The predicted molar refractivity (Wildman–Crippen MR) is 78.0 cm³/mol. The van der Waals surface area contributed by atoms with Gasteiger partial charge in [0.05, 0.1) is 0 Å². The van der Waals surface area contributed by atoms with Gasteiger partial charge in [0.1, 0.15) is 0 Å². The summed E-state index contributed by atoms with van der Waals surface area (Å²) in [7, 11) is 0. The van der Waals surface area contributed by atoms with Gasteiger partial charge in [-0.15, -0.1) is 0 Å². The van der Waals surface area contributed by atoms with Crippen LogP contribution in [0, 0.1) is 5.92 Å². The molecule has 0 N–H and O–H groups in total. The zero-order valence-corrected chi connectivity index (χ0v) is 11.6. The average molecular weight is 242 g/mol. The van der Waals surface area contributed by atoms with E-state index in [1.54, 1.807) is 16.7 Å². The molecule has 2 aliphatic rings. The van der Waals surface area contributed by atoms with Gasteiger partial charge in [0.2, 0.25) is 0 Å². The van der Waals surface area contributed by atoms with Gasteiger partial charge < -0.3 is 0 Å². The van der Waals surface area contributed by atoms with E-state index in [9.17, 15) is 0 Å². The Morgan fingerprint density at radius 3 is 2.61 bits per heavy atom. The highest BCUT2D eigenvalue weighted by Crippen LogP contribution is 2.30. The van der Waals surface area contributed by atoms with Gasteiger partial charge in [-0.1, -0.05) is 50.3 Å². The molecule has 0 radical (unpaired) electrons. The fraction of sp³-hybridized carbons (Fsp3) is 0.667. The lowest BCUT2D eigenvalue weighted by atomic mass is 9.82. The summed E-state index contributed by atoms with van der Waals surface area (Å²) in [6, 6.07) is 7.05. The molecule has 0 nitrogen and oxygen atoms in total. The molecular formula is C18H26. The monoisotopic (exact) mass is 242 g/mol. The number of aryl methyl sites for hydroxylation is 2. The maximum atomic E-state index is 2.40. The van der Waals surface area contributed by atoms with E-state index in [-0.39, 0.29) is 0 Å². The van der Waals surface area contributed by atoms with Crippen LogP contribution >= 0.6 is 0 Å². The van der Waals surface area contributed by atoms with Crippen molar-refractivity contribution >= 4 is 0 Å². The lowest BCUT2D eigenvalue weighted by Gasteiger charge is -2.23. The minimum Gasteiger partial charge on any atom is -0.0617 e. The summed E-state index contributed by atoms with van der Waals surface area (Å²) in [5.74, 6) is 1.03. The Bertz CT molecular complexity index is 385. The third-order valence-corrected chi connectivity index (χ3v) is 5.04. The molecule has 0 aliphatic heterocycles. The van der Waals surface area contributed by atoms with E-state index in [2.05, 4.69) is 18.2 Å². The summed E-state index contributed by atoms with van der Waals surface area (Å²) >= 11 is 0. The van der Waals surface area contributed by atoms with Crippen LogP contribution in [0.2, 0.25) is 0 Å². The summed E-state index contributed by atoms with van der Waals surface area (Å²) < 4.78 is 0. The Morgan fingerprint density at radius 1 is 0.889 bits per heavy atom. The molecule has 0 bridgehead atoms. The quantitative estimate of drug-likeness (QED) is 0.693. The zero-order valence-electron chi connectivity index (χ0n) is 11.6. The van der Waals surface area contributed by atoms with Crippen molar-refractivity contribution in [3.8, 4) is 0 Å². The number of benzene rings is 1. The van der Waals surface area contributed by atoms with E-state index in [4.69, 9.17) is 0 Å². The lowest BCUT2D eigenvalue weighted by Crippen LogP contribution is -2.10. The fourth-order valence-electron chi connectivity index (χ4n) is 3.93. The van der Waals surface area contributed by atoms with Crippen LogP contribution in [0.1, 0.15) is 68.1 Å². The molecule has 1 aromatic carbocycles. The largest absolute Gasteiger partial charge is 0.0617 e. The van der Waals surface area contributed by atoms with Crippen LogP contribution in [0.3, 0.4) is 0 Å². The Hall–Kier alpha value is -0.780. The van der Waals surface area contributed by atoms with Crippen LogP contribution < -0.4 is 0 Å². The first-order valence-corrected chi connectivity index (χ1v) is 8.03. The first-order chi connectivity index (χ1) is 8.93. The van der Waals surface area contributed by atoms with Crippen LogP contribution in [0.5, 0.6) is 0 Å².